The summed E-state index contributed by atoms with van der Waals surface area (Å²) in [5, 5.41) is 0. The van der Waals surface area contributed by atoms with Crippen LogP contribution in [0.5, 0.6) is 0 Å². The molecule has 0 amide bonds. The standard InChI is InChI=1S/C15H22/c1-2-8-6-9(3-1)13-12(8)14-10-4-5-11(7-10)15(13)14/h8-15H,1-7H2. The molecule has 0 nitrogen and oxygen atoms in total. The lowest BCUT2D eigenvalue weighted by molar-refractivity contribution is -0.0698. The third kappa shape index (κ3) is 0.775. The van der Waals surface area contributed by atoms with E-state index in [1.54, 1.807) is 44.9 Å². The second-order valence-electron chi connectivity index (χ2n) is 7.33. The van der Waals surface area contributed by atoms with Gasteiger partial charge in [-0.15, -0.1) is 0 Å². The zero-order valence-corrected chi connectivity index (χ0v) is 9.57. The van der Waals surface area contributed by atoms with E-state index in [4.69, 9.17) is 0 Å². The molecule has 5 aliphatic carbocycles. The number of hydrogen-bond acceptors (Lipinski definition) is 0. The van der Waals surface area contributed by atoms with E-state index in [1.165, 1.54) is 47.3 Å². The minimum Gasteiger partial charge on any atom is -0.0528 e. The van der Waals surface area contributed by atoms with Crippen LogP contribution in [-0.2, 0) is 0 Å². The molecule has 0 saturated heterocycles. The highest BCUT2D eigenvalue weighted by Crippen LogP contribution is 2.74. The Balaban J connectivity index is 1.56. The van der Waals surface area contributed by atoms with Crippen LogP contribution in [0.3, 0.4) is 0 Å². The van der Waals surface area contributed by atoms with Gasteiger partial charge < -0.3 is 0 Å². The minimum atomic E-state index is 1.20. The molecule has 0 heteroatoms. The average molecular weight is 202 g/mol. The van der Waals surface area contributed by atoms with E-state index in [2.05, 4.69) is 0 Å². The van der Waals surface area contributed by atoms with Gasteiger partial charge in [0.1, 0.15) is 0 Å². The molecule has 5 saturated carbocycles. The van der Waals surface area contributed by atoms with Gasteiger partial charge in [-0.25, -0.2) is 0 Å². The lowest BCUT2D eigenvalue weighted by atomic mass is 9.50. The number of fused-ring (bicyclic) bond motifs is 12. The van der Waals surface area contributed by atoms with E-state index in [0.29, 0.717) is 0 Å². The van der Waals surface area contributed by atoms with Crippen LogP contribution in [0.2, 0.25) is 0 Å². The van der Waals surface area contributed by atoms with E-state index >= 15 is 0 Å². The Labute approximate surface area is 92.8 Å². The first kappa shape index (κ1) is 8.14. The number of rotatable bonds is 0. The molecular weight excluding hydrogens is 180 g/mol. The molecule has 15 heavy (non-hydrogen) atoms. The van der Waals surface area contributed by atoms with E-state index in [9.17, 15) is 0 Å². The van der Waals surface area contributed by atoms with E-state index in [0.717, 1.165) is 0 Å². The fraction of sp³-hybridized carbons (Fsp3) is 1.00. The van der Waals surface area contributed by atoms with Crippen molar-refractivity contribution in [3.8, 4) is 0 Å². The van der Waals surface area contributed by atoms with E-state index in [1.807, 2.05) is 0 Å². The predicted octanol–water partition coefficient (Wildman–Crippen LogP) is 3.71. The average Bonchev–Trinajstić information content (AvgIpc) is 2.80. The summed E-state index contributed by atoms with van der Waals surface area (Å²) < 4.78 is 0. The van der Waals surface area contributed by atoms with Crippen LogP contribution in [-0.4, -0.2) is 0 Å². The van der Waals surface area contributed by atoms with Gasteiger partial charge in [0.25, 0.3) is 0 Å². The third-order valence-electron chi connectivity index (χ3n) is 7.22. The monoisotopic (exact) mass is 202 g/mol. The van der Waals surface area contributed by atoms with Gasteiger partial charge in [-0.05, 0) is 73.0 Å². The van der Waals surface area contributed by atoms with Gasteiger partial charge >= 0.3 is 0 Å². The molecule has 5 aliphatic rings. The first-order valence-electron chi connectivity index (χ1n) is 7.43. The fourth-order valence-corrected chi connectivity index (χ4v) is 7.11. The van der Waals surface area contributed by atoms with E-state index in [-0.39, 0.29) is 0 Å². The molecule has 0 aromatic rings. The van der Waals surface area contributed by atoms with Crippen LogP contribution in [0.25, 0.3) is 0 Å². The smallest absolute Gasteiger partial charge is 0.0318 e. The van der Waals surface area contributed by atoms with Crippen molar-refractivity contribution in [3.05, 3.63) is 0 Å². The lowest BCUT2D eigenvalue weighted by Crippen LogP contribution is -2.50. The second kappa shape index (κ2) is 2.46. The summed E-state index contributed by atoms with van der Waals surface area (Å²) in [5.74, 6) is 9.82. The van der Waals surface area contributed by atoms with E-state index < -0.39 is 0 Å². The molecule has 0 radical (unpaired) electrons. The van der Waals surface area contributed by atoms with Crippen molar-refractivity contribution in [2.24, 2.45) is 47.3 Å². The summed E-state index contributed by atoms with van der Waals surface area (Å²) in [6.45, 7) is 0. The maximum absolute atomic E-state index is 1.65. The highest BCUT2D eigenvalue weighted by molar-refractivity contribution is 5.16. The summed E-state index contributed by atoms with van der Waals surface area (Å²) in [7, 11) is 0. The number of hydrogen-bond donors (Lipinski definition) is 0. The van der Waals surface area contributed by atoms with Gasteiger partial charge in [0, 0.05) is 0 Å². The summed E-state index contributed by atoms with van der Waals surface area (Å²) >= 11 is 0. The highest BCUT2D eigenvalue weighted by Gasteiger charge is 2.68. The van der Waals surface area contributed by atoms with Gasteiger partial charge in [0.15, 0.2) is 0 Å². The Hall–Kier alpha value is 0. The topological polar surface area (TPSA) is 0 Å². The third-order valence-corrected chi connectivity index (χ3v) is 7.22. The van der Waals surface area contributed by atoms with Crippen molar-refractivity contribution in [2.45, 2.75) is 44.9 Å². The second-order valence-corrected chi connectivity index (χ2v) is 7.33. The molecule has 4 bridgehead atoms. The van der Waals surface area contributed by atoms with Crippen molar-refractivity contribution in [3.63, 3.8) is 0 Å². The molecule has 0 aromatic carbocycles. The minimum absolute atomic E-state index is 1.20. The van der Waals surface area contributed by atoms with Crippen LogP contribution in [0.4, 0.5) is 0 Å². The Kier molecular flexibility index (Phi) is 1.34. The molecular formula is C15H22. The van der Waals surface area contributed by atoms with Crippen molar-refractivity contribution in [1.82, 2.24) is 0 Å². The van der Waals surface area contributed by atoms with Crippen LogP contribution in [0, 0.1) is 47.3 Å². The van der Waals surface area contributed by atoms with Crippen molar-refractivity contribution >= 4 is 0 Å². The van der Waals surface area contributed by atoms with Crippen LogP contribution in [0.15, 0.2) is 0 Å². The highest BCUT2D eigenvalue weighted by atomic mass is 14.7. The fourth-order valence-electron chi connectivity index (χ4n) is 7.11. The summed E-state index contributed by atoms with van der Waals surface area (Å²) in [4.78, 5) is 0. The van der Waals surface area contributed by atoms with Gasteiger partial charge in [0.05, 0.1) is 0 Å². The normalized spacial score (nSPS) is 68.8. The van der Waals surface area contributed by atoms with Crippen LogP contribution >= 0.6 is 0 Å². The van der Waals surface area contributed by atoms with Gasteiger partial charge in [-0.1, -0.05) is 19.3 Å². The lowest BCUT2D eigenvalue weighted by Gasteiger charge is -2.54. The molecule has 5 rings (SSSR count). The van der Waals surface area contributed by atoms with Gasteiger partial charge in [0.2, 0.25) is 0 Å². The first-order chi connectivity index (χ1) is 7.43. The molecule has 0 spiro atoms. The first-order valence-corrected chi connectivity index (χ1v) is 7.43. The molecule has 0 aliphatic heterocycles. The molecule has 0 aromatic heterocycles. The maximum atomic E-state index is 1.65. The Morgan fingerprint density at radius 3 is 1.33 bits per heavy atom. The van der Waals surface area contributed by atoms with Gasteiger partial charge in [-0.3, -0.25) is 0 Å². The molecule has 8 unspecified atom stereocenters. The predicted molar refractivity (Wildman–Crippen MR) is 60.2 cm³/mol. The van der Waals surface area contributed by atoms with Gasteiger partial charge in [-0.2, -0.15) is 0 Å². The van der Waals surface area contributed by atoms with Crippen LogP contribution in [0.1, 0.15) is 44.9 Å². The Morgan fingerprint density at radius 2 is 0.867 bits per heavy atom. The summed E-state index contributed by atoms with van der Waals surface area (Å²) in [6, 6.07) is 0. The van der Waals surface area contributed by atoms with Crippen molar-refractivity contribution in [1.29, 1.82) is 0 Å². The Bertz CT molecular complexity index is 279. The van der Waals surface area contributed by atoms with Crippen LogP contribution < -0.4 is 0 Å². The molecule has 5 fully saturated rings. The quantitative estimate of drug-likeness (QED) is 0.561. The van der Waals surface area contributed by atoms with Crippen molar-refractivity contribution < 1.29 is 0 Å². The zero-order chi connectivity index (χ0) is 9.57. The van der Waals surface area contributed by atoms with Crippen molar-refractivity contribution in [2.75, 3.05) is 0 Å². The maximum Gasteiger partial charge on any atom is -0.0318 e. The summed E-state index contributed by atoms with van der Waals surface area (Å²) in [6.07, 6.45) is 11.3. The SMILES string of the molecule is C1CC2CC(C1)C1C2C2C3CCC(C3)C12. The zero-order valence-electron chi connectivity index (χ0n) is 9.57. The Morgan fingerprint density at radius 1 is 0.467 bits per heavy atom. The summed E-state index contributed by atoms with van der Waals surface area (Å²) in [5.41, 5.74) is 0. The molecule has 0 N–H and O–H groups in total. The molecule has 8 atom stereocenters. The molecule has 0 heterocycles. The molecule has 82 valence electrons. The largest absolute Gasteiger partial charge is 0.0528 e.